The van der Waals surface area contributed by atoms with E-state index in [2.05, 4.69) is 4.98 Å². The second-order valence-corrected chi connectivity index (χ2v) is 4.56. The summed E-state index contributed by atoms with van der Waals surface area (Å²) in [6.45, 7) is 0.484. The molecule has 1 aliphatic heterocycles. The molecule has 2 atom stereocenters. The van der Waals surface area contributed by atoms with Crippen molar-refractivity contribution in [1.29, 1.82) is 0 Å². The number of aromatic nitrogens is 1. The lowest BCUT2D eigenvalue weighted by Gasteiger charge is -2.17. The van der Waals surface area contributed by atoms with E-state index in [0.29, 0.717) is 12.4 Å². The Morgan fingerprint density at radius 1 is 1.37 bits per heavy atom. The van der Waals surface area contributed by atoms with Crippen molar-refractivity contribution in [2.45, 2.75) is 12.0 Å². The minimum Gasteiger partial charge on any atom is -0.495 e. The fourth-order valence-electron chi connectivity index (χ4n) is 2.39. The first-order chi connectivity index (χ1) is 9.29. The SMILES string of the molecule is COc1cncc(C(O)C2COc3ccccc32)c1. The van der Waals surface area contributed by atoms with Crippen molar-refractivity contribution in [3.8, 4) is 11.5 Å². The molecular weight excluding hydrogens is 242 g/mol. The molecule has 98 valence electrons. The number of ether oxygens (including phenoxy) is 2. The first-order valence-electron chi connectivity index (χ1n) is 6.18. The van der Waals surface area contributed by atoms with Crippen LogP contribution in [0.3, 0.4) is 0 Å². The molecule has 0 saturated carbocycles. The first kappa shape index (κ1) is 12.0. The third-order valence-corrected chi connectivity index (χ3v) is 3.43. The maximum absolute atomic E-state index is 10.5. The number of hydrogen-bond acceptors (Lipinski definition) is 4. The minimum atomic E-state index is -0.647. The van der Waals surface area contributed by atoms with Crippen molar-refractivity contribution in [2.75, 3.05) is 13.7 Å². The highest BCUT2D eigenvalue weighted by Gasteiger charge is 2.31. The molecule has 1 aromatic heterocycles. The molecule has 0 radical (unpaired) electrons. The van der Waals surface area contributed by atoms with E-state index in [0.717, 1.165) is 16.9 Å². The van der Waals surface area contributed by atoms with Crippen molar-refractivity contribution in [3.05, 3.63) is 53.9 Å². The topological polar surface area (TPSA) is 51.6 Å². The maximum atomic E-state index is 10.5. The van der Waals surface area contributed by atoms with E-state index >= 15 is 0 Å². The van der Waals surface area contributed by atoms with E-state index in [1.165, 1.54) is 0 Å². The van der Waals surface area contributed by atoms with Crippen molar-refractivity contribution in [1.82, 2.24) is 4.98 Å². The summed E-state index contributed by atoms with van der Waals surface area (Å²) in [5.74, 6) is 1.43. The Labute approximate surface area is 111 Å². The van der Waals surface area contributed by atoms with Crippen LogP contribution in [0.1, 0.15) is 23.1 Å². The summed E-state index contributed by atoms with van der Waals surface area (Å²) < 4.78 is 10.7. The standard InChI is InChI=1S/C15H15NO3/c1-18-11-6-10(7-16-8-11)15(17)13-9-19-14-5-3-2-4-12(13)14/h2-8,13,15,17H,9H2,1H3. The van der Waals surface area contributed by atoms with Crippen LogP contribution in [-0.4, -0.2) is 23.8 Å². The molecule has 2 aromatic rings. The number of aliphatic hydroxyl groups excluding tert-OH is 1. The van der Waals surface area contributed by atoms with E-state index in [1.54, 1.807) is 25.6 Å². The number of methoxy groups -OCH3 is 1. The van der Waals surface area contributed by atoms with Gasteiger partial charge in [-0.05, 0) is 12.1 Å². The van der Waals surface area contributed by atoms with Crippen molar-refractivity contribution in [3.63, 3.8) is 0 Å². The Bertz CT molecular complexity index is 585. The average Bonchev–Trinajstić information content (AvgIpc) is 2.90. The summed E-state index contributed by atoms with van der Waals surface area (Å²) >= 11 is 0. The van der Waals surface area contributed by atoms with Crippen LogP contribution in [-0.2, 0) is 0 Å². The molecule has 2 heterocycles. The number of para-hydroxylation sites is 1. The number of nitrogens with zero attached hydrogens (tertiary/aromatic N) is 1. The number of hydrogen-bond donors (Lipinski definition) is 1. The molecular formula is C15H15NO3. The minimum absolute atomic E-state index is 0.0647. The summed E-state index contributed by atoms with van der Waals surface area (Å²) in [6, 6.07) is 9.60. The molecule has 1 aromatic carbocycles. The van der Waals surface area contributed by atoms with Crippen LogP contribution < -0.4 is 9.47 Å². The molecule has 0 fully saturated rings. The van der Waals surface area contributed by atoms with Crippen LogP contribution in [0.25, 0.3) is 0 Å². The lowest BCUT2D eigenvalue weighted by molar-refractivity contribution is 0.129. The van der Waals surface area contributed by atoms with Crippen molar-refractivity contribution < 1.29 is 14.6 Å². The zero-order valence-corrected chi connectivity index (χ0v) is 10.6. The largest absolute Gasteiger partial charge is 0.495 e. The van der Waals surface area contributed by atoms with Crippen LogP contribution in [0.4, 0.5) is 0 Å². The van der Waals surface area contributed by atoms with Crippen LogP contribution >= 0.6 is 0 Å². The monoisotopic (exact) mass is 257 g/mol. The lowest BCUT2D eigenvalue weighted by atomic mass is 9.91. The van der Waals surface area contributed by atoms with Gasteiger partial charge in [-0.15, -0.1) is 0 Å². The molecule has 4 nitrogen and oxygen atoms in total. The average molecular weight is 257 g/mol. The second-order valence-electron chi connectivity index (χ2n) is 4.56. The summed E-state index contributed by atoms with van der Waals surface area (Å²) in [7, 11) is 1.58. The number of aliphatic hydroxyl groups is 1. The van der Waals surface area contributed by atoms with Crippen molar-refractivity contribution in [2.24, 2.45) is 0 Å². The summed E-state index contributed by atoms with van der Waals surface area (Å²) in [5.41, 5.74) is 1.78. The van der Waals surface area contributed by atoms with Gasteiger partial charge in [-0.2, -0.15) is 0 Å². The Morgan fingerprint density at radius 3 is 3.05 bits per heavy atom. The lowest BCUT2D eigenvalue weighted by Crippen LogP contribution is -2.12. The first-order valence-corrected chi connectivity index (χ1v) is 6.18. The van der Waals surface area contributed by atoms with Gasteiger partial charge in [0.1, 0.15) is 11.5 Å². The van der Waals surface area contributed by atoms with Gasteiger partial charge < -0.3 is 14.6 Å². The fourth-order valence-corrected chi connectivity index (χ4v) is 2.39. The molecule has 0 aliphatic carbocycles. The second kappa shape index (κ2) is 4.90. The van der Waals surface area contributed by atoms with Gasteiger partial charge in [0.05, 0.1) is 31.9 Å². The fraction of sp³-hybridized carbons (Fsp3) is 0.267. The van der Waals surface area contributed by atoms with Gasteiger partial charge in [-0.3, -0.25) is 4.98 Å². The number of pyridine rings is 1. The third-order valence-electron chi connectivity index (χ3n) is 3.43. The third kappa shape index (κ3) is 2.15. The Balaban J connectivity index is 1.90. The van der Waals surface area contributed by atoms with Gasteiger partial charge >= 0.3 is 0 Å². The van der Waals surface area contributed by atoms with Gasteiger partial charge in [0.25, 0.3) is 0 Å². The highest BCUT2D eigenvalue weighted by molar-refractivity contribution is 5.41. The van der Waals surface area contributed by atoms with Gasteiger partial charge in [0, 0.05) is 17.3 Å². The predicted octanol–water partition coefficient (Wildman–Crippen LogP) is 2.30. The number of rotatable bonds is 3. The van der Waals surface area contributed by atoms with E-state index in [1.807, 2.05) is 24.3 Å². The molecule has 0 bridgehead atoms. The van der Waals surface area contributed by atoms with Crippen LogP contribution in [0.5, 0.6) is 11.5 Å². The maximum Gasteiger partial charge on any atom is 0.137 e. The highest BCUT2D eigenvalue weighted by atomic mass is 16.5. The summed E-state index contributed by atoms with van der Waals surface area (Å²) in [6.07, 6.45) is 2.63. The zero-order chi connectivity index (χ0) is 13.2. The van der Waals surface area contributed by atoms with Gasteiger partial charge in [-0.25, -0.2) is 0 Å². The molecule has 1 N–H and O–H groups in total. The zero-order valence-electron chi connectivity index (χ0n) is 10.6. The van der Waals surface area contributed by atoms with Gasteiger partial charge in [-0.1, -0.05) is 18.2 Å². The molecule has 3 rings (SSSR count). The van der Waals surface area contributed by atoms with E-state index in [-0.39, 0.29) is 5.92 Å². The highest BCUT2D eigenvalue weighted by Crippen LogP contribution is 2.41. The quantitative estimate of drug-likeness (QED) is 0.916. The number of fused-ring (bicyclic) bond motifs is 1. The van der Waals surface area contributed by atoms with Crippen LogP contribution in [0, 0.1) is 0 Å². The Kier molecular flexibility index (Phi) is 3.09. The summed E-state index contributed by atoms with van der Waals surface area (Å²) in [5, 5.41) is 10.5. The smallest absolute Gasteiger partial charge is 0.137 e. The molecule has 0 spiro atoms. The number of benzene rings is 1. The van der Waals surface area contributed by atoms with E-state index < -0.39 is 6.10 Å². The van der Waals surface area contributed by atoms with E-state index in [9.17, 15) is 5.11 Å². The van der Waals surface area contributed by atoms with Gasteiger partial charge in [0.2, 0.25) is 0 Å². The van der Waals surface area contributed by atoms with Crippen molar-refractivity contribution >= 4 is 0 Å². The molecule has 4 heteroatoms. The summed E-state index contributed by atoms with van der Waals surface area (Å²) in [4.78, 5) is 4.08. The molecule has 19 heavy (non-hydrogen) atoms. The normalized spacial score (nSPS) is 18.5. The Hall–Kier alpha value is -2.07. The molecule has 2 unspecified atom stereocenters. The Morgan fingerprint density at radius 2 is 2.21 bits per heavy atom. The van der Waals surface area contributed by atoms with Gasteiger partial charge in [0.15, 0.2) is 0 Å². The molecule has 1 aliphatic rings. The van der Waals surface area contributed by atoms with Crippen LogP contribution in [0.15, 0.2) is 42.7 Å². The molecule has 0 saturated heterocycles. The van der Waals surface area contributed by atoms with Crippen LogP contribution in [0.2, 0.25) is 0 Å². The predicted molar refractivity (Wildman–Crippen MR) is 70.4 cm³/mol. The molecule has 0 amide bonds. The van der Waals surface area contributed by atoms with E-state index in [4.69, 9.17) is 9.47 Å².